The van der Waals surface area contributed by atoms with Crippen LogP contribution in [0.5, 0.6) is 0 Å². The molecule has 0 unspecified atom stereocenters. The molecular weight excluding hydrogens is 243 g/mol. The van der Waals surface area contributed by atoms with E-state index in [4.69, 9.17) is 0 Å². The summed E-state index contributed by atoms with van der Waals surface area (Å²) in [6.07, 6.45) is 2.61. The number of benzene rings is 1. The molecule has 0 saturated carbocycles. The van der Waals surface area contributed by atoms with Crippen LogP contribution in [0, 0.1) is 11.7 Å². The Bertz CT molecular complexity index is 438. The van der Waals surface area contributed by atoms with E-state index in [2.05, 4.69) is 11.9 Å². The monoisotopic (exact) mass is 262 g/mol. The molecule has 1 saturated heterocycles. The lowest BCUT2D eigenvalue weighted by atomic mass is 10.1. The zero-order valence-corrected chi connectivity index (χ0v) is 10.9. The third kappa shape index (κ3) is 3.64. The Morgan fingerprint density at radius 1 is 1.47 bits per heavy atom. The van der Waals surface area contributed by atoms with Crippen molar-refractivity contribution >= 4 is 5.91 Å². The number of rotatable bonds is 5. The van der Waals surface area contributed by atoms with E-state index in [1.54, 1.807) is 23.1 Å². The Morgan fingerprint density at radius 3 is 2.79 bits per heavy atom. The average Bonchev–Trinajstić information content (AvgIpc) is 2.94. The van der Waals surface area contributed by atoms with Crippen molar-refractivity contribution in [3.63, 3.8) is 0 Å². The fraction of sp³-hybridized carbons (Fsp3) is 0.400. The van der Waals surface area contributed by atoms with Crippen molar-refractivity contribution in [2.75, 3.05) is 19.6 Å². The summed E-state index contributed by atoms with van der Waals surface area (Å²) in [5.74, 6) is -0.0556. The third-order valence-electron chi connectivity index (χ3n) is 3.36. The van der Waals surface area contributed by atoms with Gasteiger partial charge in [-0.2, -0.15) is 0 Å². The highest BCUT2D eigenvalue weighted by Crippen LogP contribution is 2.15. The standard InChI is InChI=1S/C15H19FN2O/c1-2-9-18(15(19)13-7-8-17-10-13)11-12-3-5-14(16)6-4-12/h2-6,13,17H,1,7-11H2/t13-/m1/s1. The molecule has 1 amide bonds. The van der Waals surface area contributed by atoms with Crippen molar-refractivity contribution in [2.45, 2.75) is 13.0 Å². The highest BCUT2D eigenvalue weighted by Gasteiger charge is 2.26. The molecule has 102 valence electrons. The minimum atomic E-state index is -0.259. The first kappa shape index (κ1) is 13.7. The second-order valence-electron chi connectivity index (χ2n) is 4.82. The van der Waals surface area contributed by atoms with E-state index in [9.17, 15) is 9.18 Å². The van der Waals surface area contributed by atoms with Crippen molar-refractivity contribution in [2.24, 2.45) is 5.92 Å². The smallest absolute Gasteiger partial charge is 0.227 e. The predicted molar refractivity (Wildman–Crippen MR) is 73.0 cm³/mol. The summed E-state index contributed by atoms with van der Waals surface area (Å²) in [5, 5.41) is 3.20. The Labute approximate surface area is 113 Å². The SMILES string of the molecule is C=CCN(Cc1ccc(F)cc1)C(=O)[C@@H]1CCNC1. The number of carbonyl (C=O) groups is 1. The molecule has 1 atom stereocenters. The lowest BCUT2D eigenvalue weighted by molar-refractivity contribution is -0.135. The summed E-state index contributed by atoms with van der Waals surface area (Å²) in [4.78, 5) is 14.1. The molecule has 0 bridgehead atoms. The van der Waals surface area contributed by atoms with Gasteiger partial charge >= 0.3 is 0 Å². The molecule has 1 aliphatic heterocycles. The van der Waals surface area contributed by atoms with E-state index < -0.39 is 0 Å². The molecular formula is C15H19FN2O. The van der Waals surface area contributed by atoms with E-state index in [-0.39, 0.29) is 17.6 Å². The van der Waals surface area contributed by atoms with Crippen molar-refractivity contribution in [1.82, 2.24) is 10.2 Å². The van der Waals surface area contributed by atoms with Crippen LogP contribution in [-0.4, -0.2) is 30.4 Å². The van der Waals surface area contributed by atoms with Crippen LogP contribution in [0.4, 0.5) is 4.39 Å². The highest BCUT2D eigenvalue weighted by molar-refractivity contribution is 5.79. The van der Waals surface area contributed by atoms with Crippen molar-refractivity contribution < 1.29 is 9.18 Å². The minimum Gasteiger partial charge on any atom is -0.334 e. The first-order chi connectivity index (χ1) is 9.20. The van der Waals surface area contributed by atoms with Gasteiger partial charge in [0.25, 0.3) is 0 Å². The minimum absolute atomic E-state index is 0.0559. The van der Waals surface area contributed by atoms with Crippen LogP contribution in [-0.2, 0) is 11.3 Å². The summed E-state index contributed by atoms with van der Waals surface area (Å²) < 4.78 is 12.9. The van der Waals surface area contributed by atoms with Gasteiger partial charge in [-0.05, 0) is 30.7 Å². The Morgan fingerprint density at radius 2 is 2.21 bits per heavy atom. The highest BCUT2D eigenvalue weighted by atomic mass is 19.1. The molecule has 0 spiro atoms. The maximum absolute atomic E-state index is 12.9. The zero-order valence-electron chi connectivity index (χ0n) is 10.9. The molecule has 3 nitrogen and oxygen atoms in total. The van der Waals surface area contributed by atoms with Gasteiger partial charge in [0.2, 0.25) is 5.91 Å². The zero-order chi connectivity index (χ0) is 13.7. The first-order valence-corrected chi connectivity index (χ1v) is 6.55. The number of nitrogens with one attached hydrogen (secondary N) is 1. The maximum Gasteiger partial charge on any atom is 0.227 e. The number of carbonyl (C=O) groups excluding carboxylic acids is 1. The molecule has 1 aromatic rings. The van der Waals surface area contributed by atoms with E-state index in [0.717, 1.165) is 25.1 Å². The van der Waals surface area contributed by atoms with Crippen LogP contribution < -0.4 is 5.32 Å². The van der Waals surface area contributed by atoms with E-state index in [1.165, 1.54) is 12.1 Å². The third-order valence-corrected chi connectivity index (χ3v) is 3.36. The molecule has 1 aromatic carbocycles. The van der Waals surface area contributed by atoms with Gasteiger partial charge in [-0.15, -0.1) is 6.58 Å². The van der Waals surface area contributed by atoms with Crippen LogP contribution in [0.15, 0.2) is 36.9 Å². The number of hydrogen-bond acceptors (Lipinski definition) is 2. The first-order valence-electron chi connectivity index (χ1n) is 6.55. The number of hydrogen-bond donors (Lipinski definition) is 1. The maximum atomic E-state index is 12.9. The van der Waals surface area contributed by atoms with Crippen molar-refractivity contribution in [1.29, 1.82) is 0 Å². The van der Waals surface area contributed by atoms with Crippen LogP contribution in [0.2, 0.25) is 0 Å². The van der Waals surface area contributed by atoms with Gasteiger partial charge in [-0.3, -0.25) is 4.79 Å². The van der Waals surface area contributed by atoms with Gasteiger partial charge in [-0.1, -0.05) is 18.2 Å². The Balaban J connectivity index is 2.04. The fourth-order valence-electron chi connectivity index (χ4n) is 2.32. The largest absolute Gasteiger partial charge is 0.334 e. The van der Waals surface area contributed by atoms with E-state index >= 15 is 0 Å². The topological polar surface area (TPSA) is 32.3 Å². The van der Waals surface area contributed by atoms with E-state index in [1.807, 2.05) is 0 Å². The average molecular weight is 262 g/mol. The summed E-state index contributed by atoms with van der Waals surface area (Å²) in [5.41, 5.74) is 0.933. The summed E-state index contributed by atoms with van der Waals surface area (Å²) >= 11 is 0. The Kier molecular flexibility index (Phi) is 4.68. The van der Waals surface area contributed by atoms with Gasteiger partial charge in [-0.25, -0.2) is 4.39 Å². The van der Waals surface area contributed by atoms with Crippen molar-refractivity contribution in [3.8, 4) is 0 Å². The van der Waals surface area contributed by atoms with Crippen LogP contribution in [0.3, 0.4) is 0 Å². The van der Waals surface area contributed by atoms with Crippen LogP contribution >= 0.6 is 0 Å². The summed E-state index contributed by atoms with van der Waals surface area (Å²) in [6.45, 7) is 6.36. The quantitative estimate of drug-likeness (QED) is 0.823. The van der Waals surface area contributed by atoms with Gasteiger partial charge in [0.05, 0.1) is 5.92 Å². The van der Waals surface area contributed by atoms with Gasteiger partial charge < -0.3 is 10.2 Å². The molecule has 2 rings (SSSR count). The lowest BCUT2D eigenvalue weighted by Gasteiger charge is -2.24. The molecule has 1 fully saturated rings. The Hall–Kier alpha value is -1.68. The van der Waals surface area contributed by atoms with E-state index in [0.29, 0.717) is 13.1 Å². The number of nitrogens with zero attached hydrogens (tertiary/aromatic N) is 1. The van der Waals surface area contributed by atoms with Gasteiger partial charge in [0.15, 0.2) is 0 Å². The molecule has 4 heteroatoms. The van der Waals surface area contributed by atoms with Crippen LogP contribution in [0.25, 0.3) is 0 Å². The van der Waals surface area contributed by atoms with Gasteiger partial charge in [0.1, 0.15) is 5.82 Å². The number of halogens is 1. The summed E-state index contributed by atoms with van der Waals surface area (Å²) in [6, 6.07) is 6.27. The second-order valence-corrected chi connectivity index (χ2v) is 4.82. The number of amides is 1. The molecule has 0 aliphatic carbocycles. The van der Waals surface area contributed by atoms with Crippen molar-refractivity contribution in [3.05, 3.63) is 48.3 Å². The normalized spacial score (nSPS) is 18.3. The van der Waals surface area contributed by atoms with Crippen LogP contribution in [0.1, 0.15) is 12.0 Å². The molecule has 19 heavy (non-hydrogen) atoms. The molecule has 0 radical (unpaired) electrons. The van der Waals surface area contributed by atoms with Gasteiger partial charge in [0, 0.05) is 19.6 Å². The predicted octanol–water partition coefficient (Wildman–Crippen LogP) is 1.95. The molecule has 1 heterocycles. The molecule has 1 aliphatic rings. The second kappa shape index (κ2) is 6.48. The lowest BCUT2D eigenvalue weighted by Crippen LogP contribution is -2.36. The molecule has 1 N–H and O–H groups in total. The fourth-order valence-corrected chi connectivity index (χ4v) is 2.32. The molecule has 0 aromatic heterocycles. The summed E-state index contributed by atoms with van der Waals surface area (Å²) in [7, 11) is 0.